The number of carbonyl (C=O) groups excluding carboxylic acids is 2. The maximum Gasteiger partial charge on any atom is 0.301 e. The zero-order chi connectivity index (χ0) is 24.1. The summed E-state index contributed by atoms with van der Waals surface area (Å²) in [6.07, 6.45) is 0. The van der Waals surface area contributed by atoms with E-state index in [-0.39, 0.29) is 11.3 Å². The van der Waals surface area contributed by atoms with Crippen molar-refractivity contribution in [3.63, 3.8) is 0 Å². The molecule has 7 nitrogen and oxygen atoms in total. The van der Waals surface area contributed by atoms with Crippen LogP contribution in [0.3, 0.4) is 0 Å². The fraction of sp³-hybridized carbons (Fsp3) is 0.115. The van der Waals surface area contributed by atoms with Crippen LogP contribution in [0.25, 0.3) is 16.0 Å². The third-order valence-electron chi connectivity index (χ3n) is 5.92. The molecule has 4 aromatic rings. The van der Waals surface area contributed by atoms with Crippen molar-refractivity contribution in [1.29, 1.82) is 0 Å². The Morgan fingerprint density at radius 3 is 2.57 bits per heavy atom. The number of ketones is 1. The van der Waals surface area contributed by atoms with Crippen LogP contribution in [-0.4, -0.2) is 35.0 Å². The van der Waals surface area contributed by atoms with Gasteiger partial charge in [-0.2, -0.15) is 0 Å². The Hall–Kier alpha value is -3.88. The molecular weight excluding hydrogens is 488 g/mol. The number of Topliss-reactive ketones (excluding diaryl/α,β-unsaturated/α-hetero) is 1. The van der Waals surface area contributed by atoms with Crippen LogP contribution in [0.4, 0.5) is 5.13 Å². The number of hydrogen-bond donors (Lipinski definition) is 1. The van der Waals surface area contributed by atoms with Crippen molar-refractivity contribution in [2.75, 3.05) is 18.1 Å². The summed E-state index contributed by atoms with van der Waals surface area (Å²) in [5.74, 6) is -0.817. The second-order valence-corrected chi connectivity index (χ2v) is 9.49. The predicted molar refractivity (Wildman–Crippen MR) is 133 cm³/mol. The molecule has 9 heteroatoms. The lowest BCUT2D eigenvalue weighted by molar-refractivity contribution is -0.132. The van der Waals surface area contributed by atoms with Gasteiger partial charge in [-0.25, -0.2) is 4.98 Å². The number of rotatable bonds is 3. The van der Waals surface area contributed by atoms with Crippen molar-refractivity contribution in [3.8, 4) is 11.5 Å². The Balaban J connectivity index is 1.53. The van der Waals surface area contributed by atoms with Gasteiger partial charge in [0, 0.05) is 10.6 Å². The van der Waals surface area contributed by atoms with E-state index in [0.717, 1.165) is 4.70 Å². The number of ether oxygens (including phenoxy) is 2. The molecule has 2 aliphatic rings. The van der Waals surface area contributed by atoms with Gasteiger partial charge in [-0.1, -0.05) is 53.3 Å². The fourth-order valence-corrected chi connectivity index (χ4v) is 5.58. The summed E-state index contributed by atoms with van der Waals surface area (Å²) >= 11 is 7.39. The molecular formula is C26H17ClN2O5S. The van der Waals surface area contributed by atoms with E-state index < -0.39 is 17.7 Å². The highest BCUT2D eigenvalue weighted by molar-refractivity contribution is 7.22. The number of hydrogen-bond acceptors (Lipinski definition) is 7. The van der Waals surface area contributed by atoms with E-state index >= 15 is 0 Å². The lowest BCUT2D eigenvalue weighted by atomic mass is 9.95. The zero-order valence-electron chi connectivity index (χ0n) is 18.1. The topological polar surface area (TPSA) is 89.0 Å². The summed E-state index contributed by atoms with van der Waals surface area (Å²) in [5.41, 5.74) is 1.66. The van der Waals surface area contributed by atoms with Crippen molar-refractivity contribution in [2.45, 2.75) is 6.04 Å². The number of aliphatic hydroxyl groups is 1. The quantitative estimate of drug-likeness (QED) is 0.230. The van der Waals surface area contributed by atoms with Gasteiger partial charge in [0.25, 0.3) is 5.78 Å². The van der Waals surface area contributed by atoms with Crippen LogP contribution in [0, 0.1) is 0 Å². The maximum absolute atomic E-state index is 13.3. The highest BCUT2D eigenvalue weighted by atomic mass is 35.5. The maximum atomic E-state index is 13.3. The second-order valence-electron chi connectivity index (χ2n) is 8.05. The normalized spacial score (nSPS) is 18.9. The van der Waals surface area contributed by atoms with Gasteiger partial charge in [-0.3, -0.25) is 14.5 Å². The van der Waals surface area contributed by atoms with Gasteiger partial charge in [-0.05, 0) is 42.0 Å². The highest BCUT2D eigenvalue weighted by Gasteiger charge is 2.48. The standard InChI is InChI=1S/C26H17ClN2O5S/c27-16-7-8-17-20(13-16)35-26(28-17)29-22(14-4-2-1-3-5-14)21(24(31)25(29)32)23(30)15-6-9-18-19(12-15)34-11-10-33-18/h1-9,12-13,22,30H,10-11H2/t22-/m1/s1. The zero-order valence-corrected chi connectivity index (χ0v) is 19.7. The number of aliphatic hydroxyl groups excluding tert-OH is 1. The van der Waals surface area contributed by atoms with Crippen molar-refractivity contribution in [1.82, 2.24) is 4.98 Å². The van der Waals surface area contributed by atoms with E-state index in [1.807, 2.05) is 30.3 Å². The molecule has 0 unspecified atom stereocenters. The van der Waals surface area contributed by atoms with Gasteiger partial charge < -0.3 is 14.6 Å². The Kier molecular flexibility index (Phi) is 5.20. The third-order valence-corrected chi connectivity index (χ3v) is 7.17. The van der Waals surface area contributed by atoms with E-state index in [0.29, 0.717) is 51.5 Å². The molecule has 35 heavy (non-hydrogen) atoms. The SMILES string of the molecule is O=C1C(=O)N(c2nc3ccc(Cl)cc3s2)[C@H](c2ccccc2)C1=C(O)c1ccc2c(c1)OCCO2. The van der Waals surface area contributed by atoms with E-state index in [2.05, 4.69) is 4.98 Å². The summed E-state index contributed by atoms with van der Waals surface area (Å²) in [4.78, 5) is 32.6. The Morgan fingerprint density at radius 1 is 1.00 bits per heavy atom. The van der Waals surface area contributed by atoms with E-state index in [1.54, 1.807) is 36.4 Å². The number of anilines is 1. The minimum Gasteiger partial charge on any atom is -0.507 e. The lowest BCUT2D eigenvalue weighted by Crippen LogP contribution is -2.29. The summed E-state index contributed by atoms with van der Waals surface area (Å²) in [5, 5.41) is 12.2. The molecule has 1 atom stereocenters. The molecule has 1 fully saturated rings. The highest BCUT2D eigenvalue weighted by Crippen LogP contribution is 2.45. The Bertz CT molecular complexity index is 1530. The molecule has 0 spiro atoms. The van der Waals surface area contributed by atoms with Crippen molar-refractivity contribution >= 4 is 55.7 Å². The van der Waals surface area contributed by atoms with Crippen LogP contribution in [0.1, 0.15) is 17.2 Å². The summed E-state index contributed by atoms with van der Waals surface area (Å²) in [6, 6.07) is 18.4. The molecule has 6 rings (SSSR count). The van der Waals surface area contributed by atoms with Crippen molar-refractivity contribution in [2.24, 2.45) is 0 Å². The first-order valence-electron chi connectivity index (χ1n) is 10.8. The molecule has 0 aliphatic carbocycles. The number of carbonyl (C=O) groups is 2. The third kappa shape index (κ3) is 3.62. The molecule has 174 valence electrons. The minimum atomic E-state index is -0.861. The van der Waals surface area contributed by atoms with E-state index in [4.69, 9.17) is 21.1 Å². The molecule has 1 amide bonds. The number of nitrogens with zero attached hydrogens (tertiary/aromatic N) is 2. The first-order valence-corrected chi connectivity index (χ1v) is 12.0. The van der Waals surface area contributed by atoms with E-state index in [9.17, 15) is 14.7 Å². The average Bonchev–Trinajstić information content (AvgIpc) is 3.41. The second kappa shape index (κ2) is 8.41. The number of fused-ring (bicyclic) bond motifs is 2. The average molecular weight is 505 g/mol. The fourth-order valence-electron chi connectivity index (χ4n) is 4.32. The largest absolute Gasteiger partial charge is 0.507 e. The number of halogens is 1. The molecule has 0 saturated carbocycles. The molecule has 2 aliphatic heterocycles. The smallest absolute Gasteiger partial charge is 0.301 e. The van der Waals surface area contributed by atoms with Gasteiger partial charge in [-0.15, -0.1) is 0 Å². The molecule has 3 aromatic carbocycles. The van der Waals surface area contributed by atoms with Gasteiger partial charge in [0.1, 0.15) is 19.0 Å². The van der Waals surface area contributed by atoms with Crippen LogP contribution in [0.2, 0.25) is 5.02 Å². The van der Waals surface area contributed by atoms with Crippen molar-refractivity contribution in [3.05, 3.63) is 88.5 Å². The number of thiazole rings is 1. The monoisotopic (exact) mass is 504 g/mol. The van der Waals surface area contributed by atoms with Crippen LogP contribution in [0.5, 0.6) is 11.5 Å². The van der Waals surface area contributed by atoms with Crippen LogP contribution in [0.15, 0.2) is 72.3 Å². The number of aromatic nitrogens is 1. The van der Waals surface area contributed by atoms with Crippen LogP contribution >= 0.6 is 22.9 Å². The predicted octanol–water partition coefficient (Wildman–Crippen LogP) is 5.35. The molecule has 1 N–H and O–H groups in total. The molecule has 3 heterocycles. The molecule has 1 aromatic heterocycles. The number of amides is 1. The summed E-state index contributed by atoms with van der Waals surface area (Å²) in [6.45, 7) is 0.818. The van der Waals surface area contributed by atoms with Gasteiger partial charge in [0.15, 0.2) is 16.6 Å². The first-order chi connectivity index (χ1) is 17.0. The summed E-state index contributed by atoms with van der Waals surface area (Å²) < 4.78 is 12.0. The van der Waals surface area contributed by atoms with Crippen molar-refractivity contribution < 1.29 is 24.2 Å². The van der Waals surface area contributed by atoms with Gasteiger partial charge in [0.2, 0.25) is 0 Å². The molecule has 0 radical (unpaired) electrons. The van der Waals surface area contributed by atoms with Crippen LogP contribution in [-0.2, 0) is 9.59 Å². The molecule has 1 saturated heterocycles. The number of benzene rings is 3. The lowest BCUT2D eigenvalue weighted by Gasteiger charge is -2.23. The minimum absolute atomic E-state index is 0.0184. The van der Waals surface area contributed by atoms with Gasteiger partial charge in [0.05, 0.1) is 21.8 Å². The van der Waals surface area contributed by atoms with E-state index in [1.165, 1.54) is 16.2 Å². The Morgan fingerprint density at radius 2 is 1.77 bits per heavy atom. The van der Waals surface area contributed by atoms with Gasteiger partial charge >= 0.3 is 5.91 Å². The first kappa shape index (κ1) is 21.6. The summed E-state index contributed by atoms with van der Waals surface area (Å²) in [7, 11) is 0. The molecule has 0 bridgehead atoms. The Labute approximate surface area is 208 Å². The van der Waals surface area contributed by atoms with Crippen LogP contribution < -0.4 is 14.4 Å².